The van der Waals surface area contributed by atoms with Gasteiger partial charge in [-0.3, -0.25) is 19.1 Å². The second-order valence-corrected chi connectivity index (χ2v) is 6.45. The van der Waals surface area contributed by atoms with E-state index in [-0.39, 0.29) is 11.9 Å². The van der Waals surface area contributed by atoms with Crippen molar-refractivity contribution in [3.63, 3.8) is 0 Å². The first-order chi connectivity index (χ1) is 11.1. The molecule has 0 bridgehead atoms. The molecule has 1 N–H and O–H groups in total. The van der Waals surface area contributed by atoms with E-state index in [1.807, 2.05) is 59.4 Å². The smallest absolute Gasteiger partial charge is 0.234 e. The fourth-order valence-electron chi connectivity index (χ4n) is 2.42. The fourth-order valence-corrected chi connectivity index (χ4v) is 3.13. The molecule has 0 saturated carbocycles. The Kier molecular flexibility index (Phi) is 4.68. The molecule has 0 radical (unpaired) electrons. The summed E-state index contributed by atoms with van der Waals surface area (Å²) in [7, 11) is 1.92. The van der Waals surface area contributed by atoms with Gasteiger partial charge in [0.25, 0.3) is 0 Å². The van der Waals surface area contributed by atoms with Crippen LogP contribution in [0.2, 0.25) is 0 Å². The Morgan fingerprint density at radius 1 is 1.52 bits per heavy atom. The molecular weight excluding hydrogens is 310 g/mol. The summed E-state index contributed by atoms with van der Waals surface area (Å²) < 4.78 is 1.97. The van der Waals surface area contributed by atoms with E-state index in [0.29, 0.717) is 13.1 Å². The molecule has 0 saturated heterocycles. The average molecular weight is 329 g/mol. The van der Waals surface area contributed by atoms with Crippen LogP contribution in [0.15, 0.2) is 42.3 Å². The lowest BCUT2D eigenvalue weighted by Crippen LogP contribution is -2.36. The highest BCUT2D eigenvalue weighted by Crippen LogP contribution is 2.16. The fraction of sp³-hybridized carbons (Fsp3) is 0.312. The lowest BCUT2D eigenvalue weighted by molar-refractivity contribution is -0.122. The molecule has 0 unspecified atom stereocenters. The van der Waals surface area contributed by atoms with Crippen LogP contribution in [0.5, 0.6) is 0 Å². The molecule has 1 amide bonds. The van der Waals surface area contributed by atoms with Crippen molar-refractivity contribution in [2.24, 2.45) is 0 Å². The van der Waals surface area contributed by atoms with Crippen molar-refractivity contribution in [2.45, 2.75) is 19.5 Å². The summed E-state index contributed by atoms with van der Waals surface area (Å²) in [6, 6.07) is 3.79. The van der Waals surface area contributed by atoms with Crippen LogP contribution in [-0.4, -0.2) is 38.8 Å². The minimum absolute atomic E-state index is 0.0137. The Labute approximate surface area is 138 Å². The SMILES string of the molecule is C[C@H](NC(=O)CN(C)Cc1cccnc1)c1cn2ccsc2n1. The zero-order chi connectivity index (χ0) is 16.2. The number of aromatic nitrogens is 3. The number of amides is 1. The standard InChI is InChI=1S/C16H19N5OS/c1-12(14-10-21-6-7-23-16(21)19-14)18-15(22)11-20(2)9-13-4-3-5-17-8-13/h3-8,10,12H,9,11H2,1-2H3,(H,18,22)/t12-/m0/s1. The van der Waals surface area contributed by atoms with Crippen LogP contribution in [-0.2, 0) is 11.3 Å². The van der Waals surface area contributed by atoms with E-state index < -0.39 is 0 Å². The minimum atomic E-state index is -0.110. The second kappa shape index (κ2) is 6.89. The maximum Gasteiger partial charge on any atom is 0.234 e. The van der Waals surface area contributed by atoms with Crippen LogP contribution in [0.1, 0.15) is 24.2 Å². The van der Waals surface area contributed by atoms with E-state index in [9.17, 15) is 4.79 Å². The second-order valence-electron chi connectivity index (χ2n) is 5.58. The molecule has 0 aliphatic heterocycles. The van der Waals surface area contributed by atoms with Crippen LogP contribution in [0.3, 0.4) is 0 Å². The molecule has 0 aromatic carbocycles. The molecule has 23 heavy (non-hydrogen) atoms. The molecular formula is C16H19N5OS. The van der Waals surface area contributed by atoms with Gasteiger partial charge in [-0.15, -0.1) is 11.3 Å². The third-order valence-electron chi connectivity index (χ3n) is 3.52. The number of fused-ring (bicyclic) bond motifs is 1. The maximum atomic E-state index is 12.2. The molecule has 120 valence electrons. The zero-order valence-electron chi connectivity index (χ0n) is 13.1. The van der Waals surface area contributed by atoms with Crippen molar-refractivity contribution >= 4 is 22.2 Å². The van der Waals surface area contributed by atoms with Gasteiger partial charge in [0, 0.05) is 36.7 Å². The number of carbonyl (C=O) groups excluding carboxylic acids is 1. The summed E-state index contributed by atoms with van der Waals surface area (Å²) in [5.41, 5.74) is 1.96. The average Bonchev–Trinajstić information content (AvgIpc) is 3.09. The molecule has 3 aromatic heterocycles. The van der Waals surface area contributed by atoms with Gasteiger partial charge in [0.15, 0.2) is 4.96 Å². The number of rotatable bonds is 6. The molecule has 7 heteroatoms. The summed E-state index contributed by atoms with van der Waals surface area (Å²) in [4.78, 5) is 23.7. The van der Waals surface area contributed by atoms with E-state index in [1.165, 1.54) is 0 Å². The number of imidazole rings is 1. The lowest BCUT2D eigenvalue weighted by Gasteiger charge is -2.18. The van der Waals surface area contributed by atoms with Crippen LogP contribution in [0.25, 0.3) is 4.96 Å². The van der Waals surface area contributed by atoms with Crippen LogP contribution < -0.4 is 5.32 Å². The number of nitrogens with zero attached hydrogens (tertiary/aromatic N) is 4. The summed E-state index contributed by atoms with van der Waals surface area (Å²) >= 11 is 1.58. The van der Waals surface area contributed by atoms with Gasteiger partial charge >= 0.3 is 0 Å². The van der Waals surface area contributed by atoms with Gasteiger partial charge in [0.2, 0.25) is 5.91 Å². The molecule has 0 aliphatic carbocycles. The Hall–Kier alpha value is -2.25. The topological polar surface area (TPSA) is 62.5 Å². The van der Waals surface area contributed by atoms with Crippen molar-refractivity contribution in [3.05, 3.63) is 53.6 Å². The molecule has 0 fully saturated rings. The first kappa shape index (κ1) is 15.6. The number of thiazole rings is 1. The largest absolute Gasteiger partial charge is 0.347 e. The van der Waals surface area contributed by atoms with Gasteiger partial charge in [-0.05, 0) is 25.6 Å². The van der Waals surface area contributed by atoms with E-state index in [1.54, 1.807) is 17.5 Å². The first-order valence-corrected chi connectivity index (χ1v) is 8.28. The lowest BCUT2D eigenvalue weighted by atomic mass is 10.2. The molecule has 3 heterocycles. The third-order valence-corrected chi connectivity index (χ3v) is 4.29. The summed E-state index contributed by atoms with van der Waals surface area (Å²) in [5, 5.41) is 4.99. The third kappa shape index (κ3) is 3.94. The van der Waals surface area contributed by atoms with Gasteiger partial charge < -0.3 is 5.32 Å². The molecule has 1 atom stereocenters. The van der Waals surface area contributed by atoms with Gasteiger partial charge in [-0.1, -0.05) is 6.07 Å². The molecule has 6 nitrogen and oxygen atoms in total. The molecule has 0 aliphatic rings. The number of hydrogen-bond donors (Lipinski definition) is 1. The quantitative estimate of drug-likeness (QED) is 0.752. The van der Waals surface area contributed by atoms with E-state index in [4.69, 9.17) is 0 Å². The van der Waals surface area contributed by atoms with Gasteiger partial charge in [-0.25, -0.2) is 4.98 Å². The van der Waals surface area contributed by atoms with E-state index in [2.05, 4.69) is 15.3 Å². The number of pyridine rings is 1. The van der Waals surface area contributed by atoms with Crippen molar-refractivity contribution in [1.29, 1.82) is 0 Å². The van der Waals surface area contributed by atoms with Crippen LogP contribution in [0, 0.1) is 0 Å². The van der Waals surface area contributed by atoms with Crippen molar-refractivity contribution in [2.75, 3.05) is 13.6 Å². The maximum absolute atomic E-state index is 12.2. The van der Waals surface area contributed by atoms with Crippen LogP contribution >= 0.6 is 11.3 Å². The first-order valence-electron chi connectivity index (χ1n) is 7.41. The monoisotopic (exact) mass is 329 g/mol. The molecule has 3 rings (SSSR count). The highest BCUT2D eigenvalue weighted by atomic mass is 32.1. The minimum Gasteiger partial charge on any atom is -0.347 e. The zero-order valence-corrected chi connectivity index (χ0v) is 14.0. The van der Waals surface area contributed by atoms with Gasteiger partial charge in [0.1, 0.15) is 0 Å². The number of carbonyl (C=O) groups is 1. The van der Waals surface area contributed by atoms with Crippen molar-refractivity contribution in [1.82, 2.24) is 24.6 Å². The summed E-state index contributed by atoms with van der Waals surface area (Å²) in [6.07, 6.45) is 7.48. The van der Waals surface area contributed by atoms with Crippen molar-refractivity contribution in [3.8, 4) is 0 Å². The summed E-state index contributed by atoms with van der Waals surface area (Å²) in [6.45, 7) is 2.97. The Bertz CT molecular complexity index is 753. The molecule has 3 aromatic rings. The summed E-state index contributed by atoms with van der Waals surface area (Å²) in [5.74, 6) is -0.0137. The number of nitrogens with one attached hydrogen (secondary N) is 1. The van der Waals surface area contributed by atoms with E-state index in [0.717, 1.165) is 16.2 Å². The number of likely N-dealkylation sites (N-methyl/N-ethyl adjacent to an activating group) is 1. The van der Waals surface area contributed by atoms with Gasteiger partial charge in [-0.2, -0.15) is 0 Å². The highest BCUT2D eigenvalue weighted by Gasteiger charge is 2.15. The Morgan fingerprint density at radius 3 is 3.13 bits per heavy atom. The van der Waals surface area contributed by atoms with Crippen molar-refractivity contribution < 1.29 is 4.79 Å². The van der Waals surface area contributed by atoms with Gasteiger partial charge in [0.05, 0.1) is 18.3 Å². The highest BCUT2D eigenvalue weighted by molar-refractivity contribution is 7.15. The van der Waals surface area contributed by atoms with E-state index >= 15 is 0 Å². The Morgan fingerprint density at radius 2 is 2.39 bits per heavy atom. The molecule has 0 spiro atoms. The predicted octanol–water partition coefficient (Wildman–Crippen LogP) is 2.10. The predicted molar refractivity (Wildman–Crippen MR) is 90.2 cm³/mol. The normalized spacial score (nSPS) is 12.7. The van der Waals surface area contributed by atoms with Crippen LogP contribution in [0.4, 0.5) is 0 Å². The number of hydrogen-bond acceptors (Lipinski definition) is 5. The Balaban J connectivity index is 1.53.